The van der Waals surface area contributed by atoms with Crippen LogP contribution >= 0.6 is 11.3 Å². The highest BCUT2D eigenvalue weighted by Crippen LogP contribution is 2.48. The van der Waals surface area contributed by atoms with Crippen molar-refractivity contribution in [1.29, 1.82) is 0 Å². The minimum Gasteiger partial charge on any atom is -0.456 e. The summed E-state index contributed by atoms with van der Waals surface area (Å²) in [6.45, 7) is 0. The van der Waals surface area contributed by atoms with Crippen LogP contribution in [0.3, 0.4) is 0 Å². The standard InChI is InChI=1S/2C26H17N3O.2C25H14N2O2.C25H14N2OS/c1-28-15-27-26-21(28)10-6-11-22(26)29-20-9-4-2-7-16(20)18-14-25-19(13-23(18)29)17-8-3-5-12-24(17)30-25;1-28-15-27-21-12-16(10-11-23(21)28)29-22-8-4-2-6-17(22)19-14-26-20(13-24(19)29)18-7-3-5-9-25(18)30-26;1-3-8-19-15(6-1)17-13-24-18(16-7-2-4-10-22(16)29-24)12-21(17)27(19)20-9-5-11-23-25(20)26-14-28-23;1-3-7-21-16(5-1)18-13-25-19(17-6-2-4-8-23(17)29-25)12-22(18)27(21)15-9-10-24-20(11-15)26-14-28-24;1-3-8-19-15(6-1)17-13-23-18(16-7-2-4-10-22(16)28-23)12-21(17)27(19)20-9-5-11-24-25(20)26-14-29-24/h2*2-15H,1H3;3*1-14H. The SMILES string of the molecule is Cn1cnc2c(-n3c4ccccc4c4cc5oc6ccccc6c5cc43)cccc21.Cn1cnc2cc(-n3c4ccccc4c4cc5oc6ccccc6c5cc43)ccc21.c1cc(-n2c3ccccc3c3cc4oc5ccccc5c4cc32)c2ncoc2c1.c1ccc2c(c1)oc1cc3c4ccccc4n(-c4ccc5ocnc5c4)c3cc12.c1ccc2c(c1)oc1cc3c4ccccc4n(-c4cccc5scnc45)c3cc12. The van der Waals surface area contributed by atoms with Crippen LogP contribution in [0.1, 0.15) is 0 Å². The van der Waals surface area contributed by atoms with Crippen molar-refractivity contribution < 1.29 is 30.9 Å². The highest BCUT2D eigenvalue weighted by atomic mass is 32.1. The molecule has 0 unspecified atom stereocenters. The van der Waals surface area contributed by atoms with Crippen LogP contribution in [0.15, 0.2) is 456 Å². The van der Waals surface area contributed by atoms with Crippen LogP contribution in [-0.4, -0.2) is 56.9 Å². The molecule has 0 saturated carbocycles. The van der Waals surface area contributed by atoms with Gasteiger partial charge in [-0.05, 0) is 194 Å². The molecule has 0 aliphatic rings. The van der Waals surface area contributed by atoms with E-state index in [1.165, 1.54) is 93.5 Å². The Balaban J connectivity index is 0.0000000833. The van der Waals surface area contributed by atoms with Gasteiger partial charge in [-0.15, -0.1) is 11.3 Å². The summed E-state index contributed by atoms with van der Waals surface area (Å²) in [5, 5.41) is 23.3. The monoisotopic (exact) mass is 1910 g/mol. The fraction of sp³-hybridized carbons (Fsp3) is 0.0157. The van der Waals surface area contributed by atoms with Gasteiger partial charge in [0.05, 0.1) is 112 Å². The van der Waals surface area contributed by atoms with Crippen LogP contribution in [0.5, 0.6) is 0 Å². The number of hydrogen-bond donors (Lipinski definition) is 0. The molecular formula is C127H76N12O7S. The summed E-state index contributed by atoms with van der Waals surface area (Å²) >= 11 is 1.68. The number of imidazole rings is 2. The minimum absolute atomic E-state index is 0.781. The van der Waals surface area contributed by atoms with Crippen molar-refractivity contribution in [2.24, 2.45) is 14.1 Å². The summed E-state index contributed by atoms with van der Waals surface area (Å²) in [4.78, 5) is 22.8. The Labute approximate surface area is 834 Å². The molecule has 0 radical (unpaired) electrons. The van der Waals surface area contributed by atoms with Gasteiger partial charge in [0.15, 0.2) is 24.0 Å². The van der Waals surface area contributed by atoms with Crippen LogP contribution in [0.4, 0.5) is 0 Å². The number of oxazole rings is 2. The highest BCUT2D eigenvalue weighted by Gasteiger charge is 2.27. The summed E-state index contributed by atoms with van der Waals surface area (Å²) in [6.07, 6.45) is 6.73. The number of aromatic nitrogens is 12. The number of para-hydroxylation sites is 13. The Morgan fingerprint density at radius 3 is 0.946 bits per heavy atom. The number of thiazole rings is 1. The van der Waals surface area contributed by atoms with Crippen molar-refractivity contribution in [1.82, 2.24) is 56.9 Å². The van der Waals surface area contributed by atoms with E-state index in [1.54, 1.807) is 11.3 Å². The molecule has 0 aliphatic heterocycles. The molecule has 35 aromatic rings. The first-order valence-electron chi connectivity index (χ1n) is 48.7. The lowest BCUT2D eigenvalue weighted by Crippen LogP contribution is -1.95. The molecule has 692 valence electrons. The van der Waals surface area contributed by atoms with Gasteiger partial charge in [-0.25, -0.2) is 24.9 Å². The average molecular weight is 1910 g/mol. The predicted molar refractivity (Wildman–Crippen MR) is 597 cm³/mol. The zero-order valence-corrected chi connectivity index (χ0v) is 79.4. The van der Waals surface area contributed by atoms with Crippen LogP contribution in [0.25, 0.3) is 302 Å². The van der Waals surface area contributed by atoms with Gasteiger partial charge >= 0.3 is 0 Å². The number of rotatable bonds is 5. The van der Waals surface area contributed by atoms with E-state index in [-0.39, 0.29) is 0 Å². The third-order valence-electron chi connectivity index (χ3n) is 29.5. The Kier molecular flexibility index (Phi) is 17.8. The second-order valence-electron chi connectivity index (χ2n) is 37.6. The number of fused-ring (bicyclic) bond motifs is 35. The van der Waals surface area contributed by atoms with Crippen LogP contribution in [0, 0.1) is 0 Å². The molecule has 15 heterocycles. The van der Waals surface area contributed by atoms with Gasteiger partial charge in [-0.3, -0.25) is 0 Å². The molecule has 0 atom stereocenters. The highest BCUT2D eigenvalue weighted by molar-refractivity contribution is 7.16. The number of hydrogen-bond acceptors (Lipinski definition) is 13. The fourth-order valence-corrected chi connectivity index (χ4v) is 23.6. The largest absolute Gasteiger partial charge is 0.456 e. The van der Waals surface area contributed by atoms with E-state index < -0.39 is 0 Å². The summed E-state index contributed by atoms with van der Waals surface area (Å²) < 4.78 is 58.7. The molecule has 19 nitrogen and oxygen atoms in total. The molecule has 147 heavy (non-hydrogen) atoms. The van der Waals surface area contributed by atoms with E-state index in [0.717, 1.165) is 221 Å². The Hall–Kier alpha value is -19.8. The van der Waals surface area contributed by atoms with Crippen LogP contribution in [-0.2, 0) is 14.1 Å². The molecule has 0 amide bonds. The van der Waals surface area contributed by atoms with Crippen molar-refractivity contribution in [3.8, 4) is 28.4 Å². The van der Waals surface area contributed by atoms with E-state index in [0.29, 0.717) is 0 Å². The lowest BCUT2D eigenvalue weighted by atomic mass is 10.1. The lowest BCUT2D eigenvalue weighted by molar-refractivity contribution is 0.602. The zero-order valence-electron chi connectivity index (χ0n) is 78.5. The van der Waals surface area contributed by atoms with Crippen molar-refractivity contribution in [2.45, 2.75) is 0 Å². The Morgan fingerprint density at radius 2 is 0.510 bits per heavy atom. The van der Waals surface area contributed by atoms with Gasteiger partial charge in [0.1, 0.15) is 77.9 Å². The maximum absolute atomic E-state index is 6.17. The van der Waals surface area contributed by atoms with E-state index in [1.807, 2.05) is 122 Å². The van der Waals surface area contributed by atoms with Crippen molar-refractivity contribution in [2.75, 3.05) is 0 Å². The van der Waals surface area contributed by atoms with E-state index in [9.17, 15) is 0 Å². The van der Waals surface area contributed by atoms with Crippen LogP contribution in [0.2, 0.25) is 0 Å². The topological polar surface area (TPSA) is 191 Å². The third kappa shape index (κ3) is 12.5. The van der Waals surface area contributed by atoms with Gasteiger partial charge in [0.25, 0.3) is 0 Å². The van der Waals surface area contributed by atoms with Gasteiger partial charge in [-0.2, -0.15) is 0 Å². The quantitative estimate of drug-likeness (QED) is 0.159. The van der Waals surface area contributed by atoms with Gasteiger partial charge in [0, 0.05) is 133 Å². The second-order valence-corrected chi connectivity index (χ2v) is 38.5. The molecule has 0 N–H and O–H groups in total. The first kappa shape index (κ1) is 82.0. The maximum atomic E-state index is 6.17. The molecule has 0 spiro atoms. The molecule has 0 aliphatic carbocycles. The molecule has 20 heteroatoms. The third-order valence-corrected chi connectivity index (χ3v) is 30.3. The summed E-state index contributed by atoms with van der Waals surface area (Å²) in [5.74, 6) is 0. The molecular weight excluding hydrogens is 1840 g/mol. The molecule has 0 fully saturated rings. The molecule has 0 saturated heterocycles. The van der Waals surface area contributed by atoms with E-state index >= 15 is 0 Å². The number of aryl methyl sites for hydroxylation is 2. The first-order valence-corrected chi connectivity index (χ1v) is 49.6. The summed E-state index contributed by atoms with van der Waals surface area (Å²) in [6, 6.07) is 137. The zero-order chi connectivity index (χ0) is 96.5. The second kappa shape index (κ2) is 31.8. The first-order chi connectivity index (χ1) is 72.7. The van der Waals surface area contributed by atoms with E-state index in [2.05, 4.69) is 357 Å². The maximum Gasteiger partial charge on any atom is 0.182 e. The smallest absolute Gasteiger partial charge is 0.182 e. The fourth-order valence-electron chi connectivity index (χ4n) is 22.9. The Bertz CT molecular complexity index is 11400. The molecule has 20 aromatic carbocycles. The molecule has 0 bridgehead atoms. The van der Waals surface area contributed by atoms with E-state index in [4.69, 9.17) is 35.9 Å². The number of nitrogens with zero attached hydrogens (tertiary/aromatic N) is 12. The molecule has 15 aromatic heterocycles. The number of furan rings is 5. The summed E-state index contributed by atoms with van der Waals surface area (Å²) in [5.41, 5.74) is 36.6. The van der Waals surface area contributed by atoms with Crippen molar-refractivity contribution >= 4 is 285 Å². The van der Waals surface area contributed by atoms with Crippen LogP contribution < -0.4 is 0 Å². The van der Waals surface area contributed by atoms with Gasteiger partial charge < -0.3 is 62.9 Å². The lowest BCUT2D eigenvalue weighted by Gasteiger charge is -2.09. The van der Waals surface area contributed by atoms with Gasteiger partial charge in [0.2, 0.25) is 0 Å². The van der Waals surface area contributed by atoms with Crippen molar-refractivity contribution in [3.05, 3.63) is 425 Å². The van der Waals surface area contributed by atoms with Gasteiger partial charge in [-0.1, -0.05) is 200 Å². The normalized spacial score (nSPS) is 12.1. The molecule has 35 rings (SSSR count). The minimum atomic E-state index is 0.781. The number of benzene rings is 20. The van der Waals surface area contributed by atoms with Crippen molar-refractivity contribution in [3.63, 3.8) is 0 Å². The average Bonchev–Trinajstić information content (AvgIpc) is 1.59. The Morgan fingerprint density at radius 1 is 0.190 bits per heavy atom. The summed E-state index contributed by atoms with van der Waals surface area (Å²) in [7, 11) is 4.06. The predicted octanol–water partition coefficient (Wildman–Crippen LogP) is 34.1.